The summed E-state index contributed by atoms with van der Waals surface area (Å²) in [4.78, 5) is 5.77. The van der Waals surface area contributed by atoms with Gasteiger partial charge in [0.25, 0.3) is 0 Å². The third-order valence-corrected chi connectivity index (χ3v) is 5.76. The molecule has 1 unspecified atom stereocenters. The van der Waals surface area contributed by atoms with E-state index in [0.29, 0.717) is 5.13 Å². The number of dihydropyridines is 1. The molecule has 0 aliphatic carbocycles. The molecule has 0 bridgehead atoms. The Hall–Kier alpha value is -2.68. The van der Waals surface area contributed by atoms with Crippen molar-refractivity contribution >= 4 is 33.1 Å². The van der Waals surface area contributed by atoms with Crippen molar-refractivity contribution < 1.29 is 4.74 Å². The van der Waals surface area contributed by atoms with Crippen LogP contribution in [-0.4, -0.2) is 52.6 Å². The highest BCUT2D eigenvalue weighted by Gasteiger charge is 2.22. The predicted molar refractivity (Wildman–Crippen MR) is 108 cm³/mol. The van der Waals surface area contributed by atoms with Crippen molar-refractivity contribution in [2.75, 3.05) is 32.0 Å². The zero-order chi connectivity index (χ0) is 18.2. The number of ether oxygens (including phenoxy) is 1. The minimum Gasteiger partial charge on any atom is -0.379 e. The smallest absolute Gasteiger partial charge is 0.203 e. The molecular formula is C19H20N6OS. The molecule has 8 heteroatoms. The van der Waals surface area contributed by atoms with Gasteiger partial charge in [0.15, 0.2) is 0 Å². The Bertz CT molecular complexity index is 1030. The standard InChI is InChI=1S/C19H20N6OS/c20-19-24-23-18(27-19)12-4-5-15-13(10-12)14(11-21-15)16-2-1-3-17(22-16)25-6-8-26-9-7-25/h1-5,10-11,17,21-22H,6-9H2,(H2,20,24). The third-order valence-electron chi connectivity index (χ3n) is 4.96. The van der Waals surface area contributed by atoms with Crippen molar-refractivity contribution in [3.05, 3.63) is 48.2 Å². The first-order chi connectivity index (χ1) is 13.3. The number of nitrogens with one attached hydrogen (secondary N) is 2. The van der Waals surface area contributed by atoms with Crippen LogP contribution < -0.4 is 11.1 Å². The molecule has 4 N–H and O–H groups in total. The van der Waals surface area contributed by atoms with E-state index in [4.69, 9.17) is 10.5 Å². The Labute approximate surface area is 160 Å². The number of aromatic amines is 1. The molecule has 138 valence electrons. The molecule has 2 aliphatic rings. The lowest BCUT2D eigenvalue weighted by molar-refractivity contribution is 0.0224. The number of morpholine rings is 1. The zero-order valence-corrected chi connectivity index (χ0v) is 15.5. The molecule has 3 aromatic rings. The molecule has 5 rings (SSSR count). The topological polar surface area (TPSA) is 92.1 Å². The Morgan fingerprint density at radius 3 is 2.93 bits per heavy atom. The van der Waals surface area contributed by atoms with Crippen LogP contribution in [0.5, 0.6) is 0 Å². The van der Waals surface area contributed by atoms with Crippen LogP contribution in [0.25, 0.3) is 27.2 Å². The van der Waals surface area contributed by atoms with Crippen LogP contribution in [-0.2, 0) is 4.74 Å². The fourth-order valence-electron chi connectivity index (χ4n) is 3.58. The first-order valence-electron chi connectivity index (χ1n) is 8.95. The van der Waals surface area contributed by atoms with E-state index < -0.39 is 0 Å². The number of hydrogen-bond acceptors (Lipinski definition) is 7. The maximum atomic E-state index is 5.74. The average Bonchev–Trinajstić information content (AvgIpc) is 3.34. The summed E-state index contributed by atoms with van der Waals surface area (Å²) in [6, 6.07) is 6.26. The molecule has 4 heterocycles. The molecular weight excluding hydrogens is 360 g/mol. The molecule has 7 nitrogen and oxygen atoms in total. The summed E-state index contributed by atoms with van der Waals surface area (Å²) in [7, 11) is 0. The summed E-state index contributed by atoms with van der Waals surface area (Å²) in [6.07, 6.45) is 8.68. The minimum atomic E-state index is 0.185. The van der Waals surface area contributed by atoms with Gasteiger partial charge < -0.3 is 20.8 Å². The molecule has 0 radical (unpaired) electrons. The number of rotatable bonds is 3. The number of nitrogen functional groups attached to an aromatic ring is 1. The van der Waals surface area contributed by atoms with Crippen LogP contribution >= 0.6 is 11.3 Å². The summed E-state index contributed by atoms with van der Waals surface area (Å²) < 4.78 is 5.47. The van der Waals surface area contributed by atoms with E-state index in [9.17, 15) is 0 Å². The van der Waals surface area contributed by atoms with Gasteiger partial charge in [-0.25, -0.2) is 0 Å². The van der Waals surface area contributed by atoms with E-state index in [1.54, 1.807) is 0 Å². The second kappa shape index (κ2) is 6.80. The van der Waals surface area contributed by atoms with Gasteiger partial charge in [-0.1, -0.05) is 17.4 Å². The van der Waals surface area contributed by atoms with Gasteiger partial charge in [0.1, 0.15) is 5.01 Å². The summed E-state index contributed by atoms with van der Waals surface area (Å²) in [5.41, 5.74) is 10.1. The van der Waals surface area contributed by atoms with Crippen LogP contribution in [0, 0.1) is 0 Å². The number of allylic oxidation sites excluding steroid dienone is 2. The number of fused-ring (bicyclic) bond motifs is 1. The Kier molecular flexibility index (Phi) is 4.16. The highest BCUT2D eigenvalue weighted by molar-refractivity contribution is 7.18. The van der Waals surface area contributed by atoms with Gasteiger partial charge in [-0.15, -0.1) is 10.2 Å². The van der Waals surface area contributed by atoms with Crippen molar-refractivity contribution in [1.29, 1.82) is 0 Å². The molecule has 1 aromatic carbocycles. The minimum absolute atomic E-state index is 0.185. The van der Waals surface area contributed by atoms with Gasteiger partial charge in [-0.3, -0.25) is 4.90 Å². The summed E-state index contributed by atoms with van der Waals surface area (Å²) in [5, 5.41) is 14.2. The number of nitrogens with zero attached hydrogens (tertiary/aromatic N) is 3. The average molecular weight is 380 g/mol. The van der Waals surface area contributed by atoms with Gasteiger partial charge >= 0.3 is 0 Å². The molecule has 0 saturated carbocycles. The maximum Gasteiger partial charge on any atom is 0.203 e. The van der Waals surface area contributed by atoms with Crippen molar-refractivity contribution in [1.82, 2.24) is 25.4 Å². The molecule has 0 spiro atoms. The lowest BCUT2D eigenvalue weighted by Crippen LogP contribution is -2.49. The van der Waals surface area contributed by atoms with Crippen LogP contribution in [0.3, 0.4) is 0 Å². The zero-order valence-electron chi connectivity index (χ0n) is 14.7. The monoisotopic (exact) mass is 380 g/mol. The number of benzene rings is 1. The number of H-pyrrole nitrogens is 1. The van der Waals surface area contributed by atoms with Crippen LogP contribution in [0.15, 0.2) is 42.6 Å². The van der Waals surface area contributed by atoms with Crippen molar-refractivity contribution in [3.8, 4) is 10.6 Å². The van der Waals surface area contributed by atoms with Crippen LogP contribution in [0.1, 0.15) is 5.56 Å². The number of anilines is 1. The van der Waals surface area contributed by atoms with Gasteiger partial charge in [-0.2, -0.15) is 0 Å². The quantitative estimate of drug-likeness (QED) is 0.646. The van der Waals surface area contributed by atoms with Gasteiger partial charge in [0.2, 0.25) is 5.13 Å². The predicted octanol–water partition coefficient (Wildman–Crippen LogP) is 2.43. The Morgan fingerprint density at radius 1 is 1.22 bits per heavy atom. The summed E-state index contributed by atoms with van der Waals surface area (Å²) in [5.74, 6) is 0. The summed E-state index contributed by atoms with van der Waals surface area (Å²) in [6.45, 7) is 3.44. The highest BCUT2D eigenvalue weighted by Crippen LogP contribution is 2.31. The van der Waals surface area contributed by atoms with E-state index in [0.717, 1.165) is 59.0 Å². The van der Waals surface area contributed by atoms with Crippen LogP contribution in [0.2, 0.25) is 0 Å². The lowest BCUT2D eigenvalue weighted by Gasteiger charge is -2.35. The van der Waals surface area contributed by atoms with Crippen molar-refractivity contribution in [2.24, 2.45) is 0 Å². The largest absolute Gasteiger partial charge is 0.379 e. The number of aromatic nitrogens is 3. The summed E-state index contributed by atoms with van der Waals surface area (Å²) >= 11 is 1.40. The molecule has 1 saturated heterocycles. The third kappa shape index (κ3) is 3.12. The maximum absolute atomic E-state index is 5.74. The number of nitrogens with two attached hydrogens (primary N) is 1. The first kappa shape index (κ1) is 16.5. The van der Waals surface area contributed by atoms with Crippen molar-refractivity contribution in [3.63, 3.8) is 0 Å². The van der Waals surface area contributed by atoms with E-state index in [-0.39, 0.29) is 6.17 Å². The Balaban J connectivity index is 1.47. The molecule has 27 heavy (non-hydrogen) atoms. The second-order valence-corrected chi connectivity index (χ2v) is 7.62. The van der Waals surface area contributed by atoms with Crippen LogP contribution in [0.4, 0.5) is 5.13 Å². The fourth-order valence-corrected chi connectivity index (χ4v) is 4.18. The highest BCUT2D eigenvalue weighted by atomic mass is 32.1. The van der Waals surface area contributed by atoms with E-state index in [1.165, 1.54) is 11.3 Å². The van der Waals surface area contributed by atoms with Gasteiger partial charge in [0, 0.05) is 47.0 Å². The molecule has 0 amide bonds. The van der Waals surface area contributed by atoms with Gasteiger partial charge in [0.05, 0.1) is 19.4 Å². The van der Waals surface area contributed by atoms with E-state index in [1.807, 2.05) is 6.07 Å². The van der Waals surface area contributed by atoms with Gasteiger partial charge in [-0.05, 0) is 30.4 Å². The number of hydrogen-bond donors (Lipinski definition) is 3. The molecule has 1 atom stereocenters. The fraction of sp³-hybridized carbons (Fsp3) is 0.263. The molecule has 2 aromatic heterocycles. The Morgan fingerprint density at radius 2 is 2.11 bits per heavy atom. The second-order valence-electron chi connectivity index (χ2n) is 6.61. The SMILES string of the molecule is Nc1nnc(-c2ccc3[nH]cc(C4=CC=CC(N5CCOCC5)N4)c3c2)s1. The lowest BCUT2D eigenvalue weighted by atomic mass is 10.1. The molecule has 2 aliphatic heterocycles. The van der Waals surface area contributed by atoms with Crippen molar-refractivity contribution in [2.45, 2.75) is 6.17 Å². The first-order valence-corrected chi connectivity index (χ1v) is 9.77. The molecule has 1 fully saturated rings. The normalized spacial score (nSPS) is 20.6. The van der Waals surface area contributed by atoms with E-state index in [2.05, 4.69) is 62.0 Å². The van der Waals surface area contributed by atoms with E-state index >= 15 is 0 Å².